The van der Waals surface area contributed by atoms with Gasteiger partial charge in [0.05, 0.1) is 18.3 Å². The zero-order chi connectivity index (χ0) is 12.9. The number of nitrogens with two attached hydrogens (primary N) is 1. The summed E-state index contributed by atoms with van der Waals surface area (Å²) in [6.07, 6.45) is 1.45. The van der Waals surface area contributed by atoms with Crippen LogP contribution in [-0.2, 0) is 19.6 Å². The maximum Gasteiger partial charge on any atom is 0.309 e. The van der Waals surface area contributed by atoms with Crippen LogP contribution in [0.25, 0.3) is 0 Å². The second kappa shape index (κ2) is 6.32. The molecule has 1 heterocycles. The van der Waals surface area contributed by atoms with Gasteiger partial charge in [-0.1, -0.05) is 0 Å². The molecule has 1 aliphatic heterocycles. The number of likely N-dealkylation sites (tertiary alicyclic amines) is 1. The lowest BCUT2D eigenvalue weighted by Crippen LogP contribution is -2.40. The summed E-state index contributed by atoms with van der Waals surface area (Å²) in [4.78, 5) is 13.5. The molecule has 0 bridgehead atoms. The number of carbonyl (C=O) groups excluding carboxylic acids is 1. The number of rotatable bonds is 5. The van der Waals surface area contributed by atoms with Gasteiger partial charge >= 0.3 is 5.97 Å². The molecule has 0 spiro atoms. The van der Waals surface area contributed by atoms with Crippen LogP contribution in [-0.4, -0.2) is 51.3 Å². The standard InChI is InChI=1S/C10H20N2O4S/c1-2-16-10(13)9-3-5-12(6-4-9)7-8-17(11,14)15/h9H,2-8H2,1H3,(H2,11,14,15). The zero-order valence-corrected chi connectivity index (χ0v) is 10.9. The molecule has 0 saturated carbocycles. The molecule has 0 radical (unpaired) electrons. The van der Waals surface area contributed by atoms with Crippen molar-refractivity contribution < 1.29 is 17.9 Å². The van der Waals surface area contributed by atoms with Crippen LogP contribution in [0.3, 0.4) is 0 Å². The van der Waals surface area contributed by atoms with Crippen molar-refractivity contribution in [3.8, 4) is 0 Å². The fourth-order valence-corrected chi connectivity index (χ4v) is 2.42. The van der Waals surface area contributed by atoms with Crippen molar-refractivity contribution in [2.75, 3.05) is 32.0 Å². The highest BCUT2D eigenvalue weighted by molar-refractivity contribution is 7.89. The van der Waals surface area contributed by atoms with E-state index < -0.39 is 10.0 Å². The van der Waals surface area contributed by atoms with Crippen molar-refractivity contribution in [1.29, 1.82) is 0 Å². The van der Waals surface area contributed by atoms with Gasteiger partial charge in [0.25, 0.3) is 0 Å². The summed E-state index contributed by atoms with van der Waals surface area (Å²) in [5.74, 6) is -0.212. The molecular weight excluding hydrogens is 244 g/mol. The summed E-state index contributed by atoms with van der Waals surface area (Å²) >= 11 is 0. The van der Waals surface area contributed by atoms with Crippen molar-refractivity contribution in [1.82, 2.24) is 4.90 Å². The topological polar surface area (TPSA) is 89.7 Å². The Balaban J connectivity index is 2.28. The summed E-state index contributed by atoms with van der Waals surface area (Å²) in [6.45, 7) is 4.08. The highest BCUT2D eigenvalue weighted by atomic mass is 32.2. The number of piperidine rings is 1. The smallest absolute Gasteiger partial charge is 0.309 e. The number of ether oxygens (including phenoxy) is 1. The fraction of sp³-hybridized carbons (Fsp3) is 0.900. The summed E-state index contributed by atoms with van der Waals surface area (Å²) in [6, 6.07) is 0. The molecule has 0 aromatic rings. The Bertz CT molecular complexity index is 347. The van der Waals surface area contributed by atoms with E-state index in [2.05, 4.69) is 0 Å². The van der Waals surface area contributed by atoms with Gasteiger partial charge < -0.3 is 9.64 Å². The first-order valence-corrected chi connectivity index (χ1v) is 7.53. The van der Waals surface area contributed by atoms with Crippen LogP contribution in [0.2, 0.25) is 0 Å². The van der Waals surface area contributed by atoms with Crippen LogP contribution >= 0.6 is 0 Å². The predicted molar refractivity (Wildman–Crippen MR) is 63.8 cm³/mol. The molecule has 0 amide bonds. The van der Waals surface area contributed by atoms with Gasteiger partial charge in [0.2, 0.25) is 10.0 Å². The van der Waals surface area contributed by atoms with Crippen molar-refractivity contribution in [3.05, 3.63) is 0 Å². The molecule has 2 N–H and O–H groups in total. The highest BCUT2D eigenvalue weighted by Gasteiger charge is 2.26. The zero-order valence-electron chi connectivity index (χ0n) is 10.1. The van der Waals surface area contributed by atoms with Crippen LogP contribution in [0.15, 0.2) is 0 Å². The molecule has 0 aromatic heterocycles. The third kappa shape index (κ3) is 5.47. The van der Waals surface area contributed by atoms with Crippen LogP contribution in [0, 0.1) is 5.92 Å². The third-order valence-electron chi connectivity index (χ3n) is 2.90. The van der Waals surface area contributed by atoms with Gasteiger partial charge in [-0.05, 0) is 32.9 Å². The Labute approximate surface area is 102 Å². The van der Waals surface area contributed by atoms with Crippen molar-refractivity contribution >= 4 is 16.0 Å². The Hall–Kier alpha value is -0.660. The van der Waals surface area contributed by atoms with E-state index in [0.29, 0.717) is 13.2 Å². The molecular formula is C10H20N2O4S. The molecule has 0 aromatic carbocycles. The average molecular weight is 264 g/mol. The number of primary sulfonamides is 1. The lowest BCUT2D eigenvalue weighted by molar-refractivity contribution is -0.149. The van der Waals surface area contributed by atoms with E-state index in [-0.39, 0.29) is 17.6 Å². The second-order valence-corrected chi connectivity index (χ2v) is 5.97. The Morgan fingerprint density at radius 3 is 2.47 bits per heavy atom. The maximum atomic E-state index is 11.5. The molecule has 0 aliphatic carbocycles. The molecule has 1 fully saturated rings. The predicted octanol–water partition coefficient (Wildman–Crippen LogP) is -0.450. The third-order valence-corrected chi connectivity index (χ3v) is 3.65. The average Bonchev–Trinajstić information content (AvgIpc) is 2.26. The normalized spacial score (nSPS) is 19.2. The number of sulfonamides is 1. The van der Waals surface area contributed by atoms with E-state index in [0.717, 1.165) is 25.9 Å². The lowest BCUT2D eigenvalue weighted by atomic mass is 9.97. The Morgan fingerprint density at radius 1 is 1.41 bits per heavy atom. The van der Waals surface area contributed by atoms with Crippen molar-refractivity contribution in [3.63, 3.8) is 0 Å². The number of esters is 1. The fourth-order valence-electron chi connectivity index (χ4n) is 1.91. The Morgan fingerprint density at radius 2 is 2.00 bits per heavy atom. The lowest BCUT2D eigenvalue weighted by Gasteiger charge is -2.30. The van der Waals surface area contributed by atoms with E-state index in [4.69, 9.17) is 9.88 Å². The second-order valence-electron chi connectivity index (χ2n) is 4.23. The van der Waals surface area contributed by atoms with Crippen molar-refractivity contribution in [2.24, 2.45) is 11.1 Å². The molecule has 7 heteroatoms. The van der Waals surface area contributed by atoms with Gasteiger partial charge in [0, 0.05) is 6.54 Å². The molecule has 1 saturated heterocycles. The van der Waals surface area contributed by atoms with Crippen LogP contribution < -0.4 is 5.14 Å². The molecule has 1 aliphatic rings. The van der Waals surface area contributed by atoms with Gasteiger partial charge in [0.1, 0.15) is 0 Å². The van der Waals surface area contributed by atoms with Gasteiger partial charge in [-0.2, -0.15) is 0 Å². The molecule has 100 valence electrons. The van der Waals surface area contributed by atoms with Gasteiger partial charge in [-0.15, -0.1) is 0 Å². The molecule has 17 heavy (non-hydrogen) atoms. The summed E-state index contributed by atoms with van der Waals surface area (Å²) in [5.41, 5.74) is 0. The molecule has 0 atom stereocenters. The first kappa shape index (κ1) is 14.4. The minimum atomic E-state index is -3.40. The largest absolute Gasteiger partial charge is 0.466 e. The van der Waals surface area contributed by atoms with E-state index >= 15 is 0 Å². The number of nitrogens with zero attached hydrogens (tertiary/aromatic N) is 1. The minimum Gasteiger partial charge on any atom is -0.466 e. The van der Waals surface area contributed by atoms with E-state index in [9.17, 15) is 13.2 Å². The summed E-state index contributed by atoms with van der Waals surface area (Å²) in [7, 11) is -3.40. The van der Waals surface area contributed by atoms with Crippen molar-refractivity contribution in [2.45, 2.75) is 19.8 Å². The number of hydrogen-bond donors (Lipinski definition) is 1. The number of hydrogen-bond acceptors (Lipinski definition) is 5. The van der Waals surface area contributed by atoms with Crippen LogP contribution in [0.5, 0.6) is 0 Å². The van der Waals surface area contributed by atoms with Crippen LogP contribution in [0.4, 0.5) is 0 Å². The minimum absolute atomic E-state index is 0.0307. The molecule has 0 unspecified atom stereocenters. The summed E-state index contributed by atoms with van der Waals surface area (Å²) in [5, 5.41) is 4.94. The Kier molecular flexibility index (Phi) is 5.35. The van der Waals surface area contributed by atoms with E-state index in [1.165, 1.54) is 0 Å². The highest BCUT2D eigenvalue weighted by Crippen LogP contribution is 2.18. The molecule has 1 rings (SSSR count). The first-order chi connectivity index (χ1) is 7.92. The quantitative estimate of drug-likeness (QED) is 0.679. The van der Waals surface area contributed by atoms with Gasteiger partial charge in [-0.25, -0.2) is 13.6 Å². The number of carbonyl (C=O) groups is 1. The van der Waals surface area contributed by atoms with Crippen LogP contribution in [0.1, 0.15) is 19.8 Å². The van der Waals surface area contributed by atoms with E-state index in [1.54, 1.807) is 6.92 Å². The van der Waals surface area contributed by atoms with Gasteiger partial charge in [-0.3, -0.25) is 4.79 Å². The monoisotopic (exact) mass is 264 g/mol. The molecule has 6 nitrogen and oxygen atoms in total. The first-order valence-electron chi connectivity index (χ1n) is 5.82. The SMILES string of the molecule is CCOC(=O)C1CCN(CCS(N)(=O)=O)CC1. The summed E-state index contributed by atoms with van der Waals surface area (Å²) < 4.78 is 26.6. The van der Waals surface area contributed by atoms with E-state index in [1.807, 2.05) is 4.90 Å². The maximum absolute atomic E-state index is 11.5. The van der Waals surface area contributed by atoms with Gasteiger partial charge in [0.15, 0.2) is 0 Å².